The number of ketones is 1. The predicted octanol–water partition coefficient (Wildman–Crippen LogP) is 3.77. The lowest BCUT2D eigenvalue weighted by Crippen LogP contribution is -2.37. The first-order chi connectivity index (χ1) is 13.7. The van der Waals surface area contributed by atoms with Crippen LogP contribution in [-0.4, -0.2) is 48.4 Å². The van der Waals surface area contributed by atoms with E-state index in [0.717, 1.165) is 55.4 Å². The van der Waals surface area contributed by atoms with Gasteiger partial charge in [-0.15, -0.1) is 0 Å². The number of carbonyl (C=O) groups is 1. The van der Waals surface area contributed by atoms with Gasteiger partial charge in [0.15, 0.2) is 0 Å². The van der Waals surface area contributed by atoms with Crippen LogP contribution in [0, 0.1) is 17.2 Å². The monoisotopic (exact) mass is 376 g/mol. The lowest BCUT2D eigenvalue weighted by molar-refractivity contribution is -0.123. The van der Waals surface area contributed by atoms with Gasteiger partial charge in [-0.3, -0.25) is 9.78 Å². The maximum absolute atomic E-state index is 12.7. The Kier molecular flexibility index (Phi) is 5.59. The Morgan fingerprint density at radius 3 is 2.75 bits per heavy atom. The third-order valence-corrected chi connectivity index (χ3v) is 6.55. The molecule has 0 spiro atoms. The van der Waals surface area contributed by atoms with E-state index in [-0.39, 0.29) is 5.92 Å². The summed E-state index contributed by atoms with van der Waals surface area (Å²) in [5.41, 5.74) is 2.50. The molecule has 0 amide bonds. The number of likely N-dealkylation sites (tertiary alicyclic amines) is 1. The van der Waals surface area contributed by atoms with Crippen molar-refractivity contribution >= 4 is 22.4 Å². The minimum Gasteiger partial charge on any atom is -0.371 e. The van der Waals surface area contributed by atoms with Crippen LogP contribution < -0.4 is 4.90 Å². The van der Waals surface area contributed by atoms with Crippen molar-refractivity contribution in [1.29, 1.82) is 5.26 Å². The van der Waals surface area contributed by atoms with E-state index in [0.29, 0.717) is 17.4 Å². The molecule has 0 N–H and O–H groups in total. The second kappa shape index (κ2) is 8.28. The van der Waals surface area contributed by atoms with Crippen LogP contribution in [0.1, 0.15) is 44.1 Å². The van der Waals surface area contributed by atoms with Gasteiger partial charge in [-0.2, -0.15) is 5.26 Å². The molecule has 1 aromatic carbocycles. The van der Waals surface area contributed by atoms with Crippen LogP contribution in [0.3, 0.4) is 0 Å². The number of hydrogen-bond acceptors (Lipinski definition) is 5. The molecule has 28 heavy (non-hydrogen) atoms. The van der Waals surface area contributed by atoms with Gasteiger partial charge in [0.25, 0.3) is 0 Å². The van der Waals surface area contributed by atoms with E-state index < -0.39 is 0 Å². The molecule has 2 aromatic rings. The Labute approximate surface area is 167 Å². The highest BCUT2D eigenvalue weighted by molar-refractivity contribution is 5.95. The number of fused-ring (bicyclic) bond motifs is 1. The molecule has 2 fully saturated rings. The minimum absolute atomic E-state index is 0.200. The Balaban J connectivity index is 1.39. The summed E-state index contributed by atoms with van der Waals surface area (Å²) in [5.74, 6) is 0.650. The molecular weight excluding hydrogens is 348 g/mol. The Morgan fingerprint density at radius 2 is 2.04 bits per heavy atom. The number of piperidine rings is 1. The minimum atomic E-state index is 0.200. The molecule has 1 atom stereocenters. The van der Waals surface area contributed by atoms with E-state index >= 15 is 0 Å². The first kappa shape index (κ1) is 18.9. The molecule has 0 saturated carbocycles. The van der Waals surface area contributed by atoms with Gasteiger partial charge >= 0.3 is 0 Å². The third-order valence-electron chi connectivity index (χ3n) is 6.55. The molecule has 1 aromatic heterocycles. The number of Topliss-reactive ketones (excluding diaryl/α,β-unsaturated/α-hetero) is 1. The fraction of sp³-hybridized carbons (Fsp3) is 0.522. The lowest BCUT2D eigenvalue weighted by atomic mass is 9.89. The van der Waals surface area contributed by atoms with Crippen LogP contribution >= 0.6 is 0 Å². The number of aromatic nitrogens is 1. The van der Waals surface area contributed by atoms with Gasteiger partial charge in [0.1, 0.15) is 11.9 Å². The Morgan fingerprint density at radius 1 is 1.21 bits per heavy atom. The second-order valence-electron chi connectivity index (χ2n) is 8.19. The molecule has 4 rings (SSSR count). The summed E-state index contributed by atoms with van der Waals surface area (Å²) in [6, 6.07) is 10.7. The van der Waals surface area contributed by atoms with Gasteiger partial charge in [0.05, 0.1) is 11.1 Å². The van der Waals surface area contributed by atoms with Gasteiger partial charge in [-0.05, 0) is 70.0 Å². The molecular formula is C23H28N4O. The number of carbonyl (C=O) groups excluding carboxylic acids is 1. The summed E-state index contributed by atoms with van der Waals surface area (Å²) in [5, 5.41) is 10.4. The van der Waals surface area contributed by atoms with Crippen LogP contribution in [0.5, 0.6) is 0 Å². The van der Waals surface area contributed by atoms with E-state index in [1.54, 1.807) is 6.20 Å². The van der Waals surface area contributed by atoms with Crippen molar-refractivity contribution in [2.24, 2.45) is 5.92 Å². The zero-order valence-electron chi connectivity index (χ0n) is 16.6. The van der Waals surface area contributed by atoms with Crippen LogP contribution in [0.2, 0.25) is 0 Å². The number of hydrogen-bond donors (Lipinski definition) is 0. The summed E-state index contributed by atoms with van der Waals surface area (Å²) < 4.78 is 0. The van der Waals surface area contributed by atoms with Crippen molar-refractivity contribution < 1.29 is 4.79 Å². The van der Waals surface area contributed by atoms with Crippen LogP contribution in [0.4, 0.5) is 5.69 Å². The number of pyridine rings is 1. The number of nitrogens with zero attached hydrogens (tertiary/aromatic N) is 4. The van der Waals surface area contributed by atoms with Crippen molar-refractivity contribution in [3.63, 3.8) is 0 Å². The average molecular weight is 377 g/mol. The summed E-state index contributed by atoms with van der Waals surface area (Å²) >= 11 is 0. The largest absolute Gasteiger partial charge is 0.371 e. The average Bonchev–Trinajstić information content (AvgIpc) is 3.16. The SMILES string of the molecule is CN1CCCC1CCC(=O)C1CCN(c2ccc(C#N)c3ncccc23)CC1. The second-order valence-corrected chi connectivity index (χ2v) is 8.19. The smallest absolute Gasteiger partial charge is 0.136 e. The predicted molar refractivity (Wildman–Crippen MR) is 111 cm³/mol. The normalized spacial score (nSPS) is 21.1. The molecule has 146 valence electrons. The first-order valence-electron chi connectivity index (χ1n) is 10.4. The van der Waals surface area contributed by atoms with Gasteiger partial charge < -0.3 is 9.80 Å². The molecule has 0 bridgehead atoms. The molecule has 3 heterocycles. The van der Waals surface area contributed by atoms with Crippen LogP contribution in [-0.2, 0) is 4.79 Å². The maximum Gasteiger partial charge on any atom is 0.136 e. The van der Waals surface area contributed by atoms with E-state index in [9.17, 15) is 10.1 Å². The molecule has 2 aliphatic heterocycles. The van der Waals surface area contributed by atoms with Crippen LogP contribution in [0.25, 0.3) is 10.9 Å². The van der Waals surface area contributed by atoms with Crippen molar-refractivity contribution in [2.45, 2.75) is 44.6 Å². The van der Waals surface area contributed by atoms with Crippen molar-refractivity contribution in [3.05, 3.63) is 36.0 Å². The number of anilines is 1. The molecule has 0 aliphatic carbocycles. The van der Waals surface area contributed by atoms with Gasteiger partial charge in [-0.1, -0.05) is 0 Å². The molecule has 0 radical (unpaired) electrons. The van der Waals surface area contributed by atoms with Crippen molar-refractivity contribution in [3.8, 4) is 6.07 Å². The van der Waals surface area contributed by atoms with Gasteiger partial charge in [0.2, 0.25) is 0 Å². The molecule has 1 unspecified atom stereocenters. The topological polar surface area (TPSA) is 60.2 Å². The Bertz CT molecular complexity index is 895. The number of nitriles is 1. The maximum atomic E-state index is 12.7. The van der Waals surface area contributed by atoms with Crippen molar-refractivity contribution in [1.82, 2.24) is 9.88 Å². The molecule has 2 aliphatic rings. The van der Waals surface area contributed by atoms with E-state index in [4.69, 9.17) is 0 Å². The highest BCUT2D eigenvalue weighted by Gasteiger charge is 2.28. The highest BCUT2D eigenvalue weighted by Crippen LogP contribution is 2.32. The fourth-order valence-corrected chi connectivity index (χ4v) is 4.82. The molecule has 2 saturated heterocycles. The fourth-order valence-electron chi connectivity index (χ4n) is 4.82. The highest BCUT2D eigenvalue weighted by atomic mass is 16.1. The molecule has 5 heteroatoms. The molecule has 5 nitrogen and oxygen atoms in total. The van der Waals surface area contributed by atoms with Gasteiger partial charge in [0, 0.05) is 48.7 Å². The summed E-state index contributed by atoms with van der Waals surface area (Å²) in [4.78, 5) is 21.9. The van der Waals surface area contributed by atoms with Crippen LogP contribution in [0.15, 0.2) is 30.5 Å². The first-order valence-corrected chi connectivity index (χ1v) is 10.4. The number of benzene rings is 1. The van der Waals surface area contributed by atoms with E-state index in [1.807, 2.05) is 24.3 Å². The van der Waals surface area contributed by atoms with Gasteiger partial charge in [-0.25, -0.2) is 0 Å². The van der Waals surface area contributed by atoms with Crippen molar-refractivity contribution in [2.75, 3.05) is 31.6 Å². The van der Waals surface area contributed by atoms with E-state index in [2.05, 4.69) is 27.9 Å². The standard InChI is InChI=1S/C23H28N4O/c1-26-13-3-4-19(26)7-9-22(28)17-10-14-27(15-11-17)21-8-6-18(16-24)23-20(21)5-2-12-25-23/h2,5-6,8,12,17,19H,3-4,7,9-11,13-15H2,1H3. The van der Waals surface area contributed by atoms with E-state index in [1.165, 1.54) is 19.4 Å². The quantitative estimate of drug-likeness (QED) is 0.795. The summed E-state index contributed by atoms with van der Waals surface area (Å²) in [6.45, 7) is 2.94. The lowest BCUT2D eigenvalue weighted by Gasteiger charge is -2.34. The third kappa shape index (κ3) is 3.74. The zero-order valence-corrected chi connectivity index (χ0v) is 16.6. The summed E-state index contributed by atoms with van der Waals surface area (Å²) in [7, 11) is 2.18. The number of rotatable bonds is 5. The summed E-state index contributed by atoms with van der Waals surface area (Å²) in [6.07, 6.45) is 7.82. The Hall–Kier alpha value is -2.45. The zero-order chi connectivity index (χ0) is 19.5.